The summed E-state index contributed by atoms with van der Waals surface area (Å²) in [6.45, 7) is 1.75. The number of rotatable bonds is 6. The van der Waals surface area contributed by atoms with Gasteiger partial charge in [0, 0.05) is 6.54 Å². The number of amides is 1. The van der Waals surface area contributed by atoms with Crippen LogP contribution in [0.15, 0.2) is 0 Å². The van der Waals surface area contributed by atoms with Gasteiger partial charge in [-0.15, -0.1) is 0 Å². The average molecular weight is 226 g/mol. The van der Waals surface area contributed by atoms with Gasteiger partial charge in [-0.2, -0.15) is 0 Å². The Labute approximate surface area is 96.8 Å². The van der Waals surface area contributed by atoms with Gasteiger partial charge in [-0.3, -0.25) is 4.79 Å². The lowest BCUT2D eigenvalue weighted by Crippen LogP contribution is -2.44. The van der Waals surface area contributed by atoms with E-state index in [-0.39, 0.29) is 5.91 Å². The summed E-state index contributed by atoms with van der Waals surface area (Å²) in [5, 5.41) is 16.0. The van der Waals surface area contributed by atoms with Crippen molar-refractivity contribution in [3.8, 4) is 0 Å². The van der Waals surface area contributed by atoms with Gasteiger partial charge >= 0.3 is 0 Å². The van der Waals surface area contributed by atoms with Gasteiger partial charge in [-0.05, 0) is 38.1 Å². The SMILES string of the molecule is O=C(CNCC1CC1)NCC1(O)CCCC1. The minimum absolute atomic E-state index is 0.000903. The first kappa shape index (κ1) is 11.9. The van der Waals surface area contributed by atoms with Crippen molar-refractivity contribution in [2.45, 2.75) is 44.1 Å². The lowest BCUT2D eigenvalue weighted by atomic mass is 10.0. The molecule has 0 spiro atoms. The van der Waals surface area contributed by atoms with Crippen molar-refractivity contribution < 1.29 is 9.90 Å². The molecule has 2 saturated carbocycles. The Morgan fingerprint density at radius 3 is 2.62 bits per heavy atom. The number of nitrogens with one attached hydrogen (secondary N) is 2. The van der Waals surface area contributed by atoms with Crippen molar-refractivity contribution in [2.24, 2.45) is 5.92 Å². The van der Waals surface area contributed by atoms with Crippen molar-refractivity contribution in [1.82, 2.24) is 10.6 Å². The van der Waals surface area contributed by atoms with Crippen LogP contribution >= 0.6 is 0 Å². The highest BCUT2D eigenvalue weighted by Gasteiger charge is 2.31. The predicted molar refractivity (Wildman–Crippen MR) is 62.0 cm³/mol. The molecular formula is C12H22N2O2. The first-order chi connectivity index (χ1) is 7.68. The Balaban J connectivity index is 1.55. The summed E-state index contributed by atoms with van der Waals surface area (Å²) in [4.78, 5) is 11.5. The molecule has 2 aliphatic rings. The highest BCUT2D eigenvalue weighted by atomic mass is 16.3. The molecule has 92 valence electrons. The summed E-state index contributed by atoms with van der Waals surface area (Å²) >= 11 is 0. The van der Waals surface area contributed by atoms with Gasteiger partial charge in [0.1, 0.15) is 0 Å². The Hall–Kier alpha value is -0.610. The number of aliphatic hydroxyl groups is 1. The molecule has 4 heteroatoms. The third-order valence-electron chi connectivity index (χ3n) is 3.56. The van der Waals surface area contributed by atoms with E-state index in [1.807, 2.05) is 0 Å². The van der Waals surface area contributed by atoms with Crippen LogP contribution in [-0.2, 0) is 4.79 Å². The summed E-state index contributed by atoms with van der Waals surface area (Å²) in [6.07, 6.45) is 6.40. The molecule has 0 unspecified atom stereocenters. The van der Waals surface area contributed by atoms with Crippen LogP contribution in [-0.4, -0.2) is 36.2 Å². The van der Waals surface area contributed by atoms with Crippen LogP contribution in [0, 0.1) is 5.92 Å². The Kier molecular flexibility index (Phi) is 3.82. The third kappa shape index (κ3) is 3.76. The van der Waals surface area contributed by atoms with E-state index >= 15 is 0 Å². The maximum atomic E-state index is 11.5. The molecule has 0 aromatic rings. The molecule has 0 bridgehead atoms. The van der Waals surface area contributed by atoms with Crippen molar-refractivity contribution in [1.29, 1.82) is 0 Å². The zero-order valence-electron chi connectivity index (χ0n) is 9.80. The Morgan fingerprint density at radius 1 is 1.31 bits per heavy atom. The molecule has 0 aromatic carbocycles. The van der Waals surface area contributed by atoms with Gasteiger partial charge in [-0.25, -0.2) is 0 Å². The molecule has 0 radical (unpaired) electrons. The predicted octanol–water partition coefficient (Wildman–Crippen LogP) is 0.407. The van der Waals surface area contributed by atoms with E-state index in [1.165, 1.54) is 12.8 Å². The van der Waals surface area contributed by atoms with Gasteiger partial charge in [0.25, 0.3) is 0 Å². The van der Waals surface area contributed by atoms with Crippen LogP contribution < -0.4 is 10.6 Å². The smallest absolute Gasteiger partial charge is 0.234 e. The van der Waals surface area contributed by atoms with Crippen LogP contribution in [0.2, 0.25) is 0 Å². The zero-order valence-corrected chi connectivity index (χ0v) is 9.80. The molecule has 0 saturated heterocycles. The lowest BCUT2D eigenvalue weighted by molar-refractivity contribution is -0.121. The highest BCUT2D eigenvalue weighted by Crippen LogP contribution is 2.28. The second-order valence-electron chi connectivity index (χ2n) is 5.28. The summed E-state index contributed by atoms with van der Waals surface area (Å²) < 4.78 is 0. The van der Waals surface area contributed by atoms with Gasteiger partial charge in [-0.1, -0.05) is 12.8 Å². The first-order valence-corrected chi connectivity index (χ1v) is 6.38. The largest absolute Gasteiger partial charge is 0.388 e. The van der Waals surface area contributed by atoms with Crippen molar-refractivity contribution >= 4 is 5.91 Å². The fourth-order valence-electron chi connectivity index (χ4n) is 2.25. The number of carbonyl (C=O) groups is 1. The fraction of sp³-hybridized carbons (Fsp3) is 0.917. The Morgan fingerprint density at radius 2 is 2.00 bits per heavy atom. The van der Waals surface area contributed by atoms with E-state index < -0.39 is 5.60 Å². The van der Waals surface area contributed by atoms with Crippen LogP contribution in [0.25, 0.3) is 0 Å². The topological polar surface area (TPSA) is 61.4 Å². The molecule has 4 nitrogen and oxygen atoms in total. The van der Waals surface area contributed by atoms with Crippen LogP contribution in [0.4, 0.5) is 0 Å². The maximum Gasteiger partial charge on any atom is 0.234 e. The Bertz CT molecular complexity index is 245. The second-order valence-corrected chi connectivity index (χ2v) is 5.28. The fourth-order valence-corrected chi connectivity index (χ4v) is 2.25. The quantitative estimate of drug-likeness (QED) is 0.614. The molecule has 0 heterocycles. The van der Waals surface area contributed by atoms with E-state index in [4.69, 9.17) is 0 Å². The minimum atomic E-state index is -0.633. The van der Waals surface area contributed by atoms with Crippen molar-refractivity contribution in [2.75, 3.05) is 19.6 Å². The third-order valence-corrected chi connectivity index (χ3v) is 3.56. The molecule has 3 N–H and O–H groups in total. The summed E-state index contributed by atoms with van der Waals surface area (Å²) in [5.74, 6) is 0.799. The minimum Gasteiger partial charge on any atom is -0.388 e. The molecule has 2 fully saturated rings. The molecule has 16 heavy (non-hydrogen) atoms. The molecule has 0 aromatic heterocycles. The van der Waals surface area contributed by atoms with E-state index in [0.29, 0.717) is 13.1 Å². The number of carbonyl (C=O) groups excluding carboxylic acids is 1. The van der Waals surface area contributed by atoms with Gasteiger partial charge in [0.15, 0.2) is 0 Å². The van der Waals surface area contributed by atoms with Crippen LogP contribution in [0.3, 0.4) is 0 Å². The van der Waals surface area contributed by atoms with Gasteiger partial charge in [0.05, 0.1) is 12.1 Å². The molecule has 0 aliphatic heterocycles. The summed E-state index contributed by atoms with van der Waals surface area (Å²) in [7, 11) is 0. The number of hydrogen-bond donors (Lipinski definition) is 3. The molecule has 0 atom stereocenters. The van der Waals surface area contributed by atoms with Gasteiger partial charge < -0.3 is 15.7 Å². The lowest BCUT2D eigenvalue weighted by Gasteiger charge is -2.22. The van der Waals surface area contributed by atoms with E-state index in [0.717, 1.165) is 38.1 Å². The van der Waals surface area contributed by atoms with E-state index in [9.17, 15) is 9.90 Å². The summed E-state index contributed by atoms with van der Waals surface area (Å²) in [5.41, 5.74) is -0.633. The van der Waals surface area contributed by atoms with Crippen molar-refractivity contribution in [3.05, 3.63) is 0 Å². The van der Waals surface area contributed by atoms with Crippen LogP contribution in [0.5, 0.6) is 0 Å². The highest BCUT2D eigenvalue weighted by molar-refractivity contribution is 5.78. The monoisotopic (exact) mass is 226 g/mol. The maximum absolute atomic E-state index is 11.5. The molecular weight excluding hydrogens is 204 g/mol. The average Bonchev–Trinajstić information content (AvgIpc) is 2.98. The zero-order chi connectivity index (χ0) is 11.4. The molecule has 2 aliphatic carbocycles. The second kappa shape index (κ2) is 5.15. The summed E-state index contributed by atoms with van der Waals surface area (Å²) in [6, 6.07) is 0. The molecule has 1 amide bonds. The first-order valence-electron chi connectivity index (χ1n) is 6.38. The van der Waals surface area contributed by atoms with Gasteiger partial charge in [0.2, 0.25) is 5.91 Å². The van der Waals surface area contributed by atoms with Crippen LogP contribution in [0.1, 0.15) is 38.5 Å². The van der Waals surface area contributed by atoms with E-state index in [1.54, 1.807) is 0 Å². The van der Waals surface area contributed by atoms with Crippen molar-refractivity contribution in [3.63, 3.8) is 0 Å². The number of hydrogen-bond acceptors (Lipinski definition) is 3. The normalized spacial score (nSPS) is 23.3. The standard InChI is InChI=1S/C12H22N2O2/c15-11(8-13-7-10-3-4-10)14-9-12(16)5-1-2-6-12/h10,13,16H,1-9H2,(H,14,15). The van der Waals surface area contributed by atoms with E-state index in [2.05, 4.69) is 10.6 Å². The molecule has 2 rings (SSSR count).